The fourth-order valence-corrected chi connectivity index (χ4v) is 14.5. The summed E-state index contributed by atoms with van der Waals surface area (Å²) in [5.41, 5.74) is 6.65. The number of para-hydroxylation sites is 6. The van der Waals surface area contributed by atoms with Crippen LogP contribution in [0.15, 0.2) is 243 Å². The third kappa shape index (κ3) is 14.3. The summed E-state index contributed by atoms with van der Waals surface area (Å²) < 4.78 is 33.9. The van der Waals surface area contributed by atoms with Crippen molar-refractivity contribution in [2.24, 2.45) is 0 Å². The smallest absolute Gasteiger partial charge is 0.496 e. The molecular weight excluding hydrogens is 1100 g/mol. The van der Waals surface area contributed by atoms with Crippen molar-refractivity contribution in [1.29, 1.82) is 0 Å². The Morgan fingerprint density at radius 3 is 0.753 bits per heavy atom. The van der Waals surface area contributed by atoms with E-state index in [9.17, 15) is 0 Å². The van der Waals surface area contributed by atoms with Crippen LogP contribution in [-0.2, 0) is 17.1 Å². The molecule has 11 rings (SSSR count). The van der Waals surface area contributed by atoms with Gasteiger partial charge in [-0.2, -0.15) is 0 Å². The molecule has 0 bridgehead atoms. The van der Waals surface area contributed by atoms with E-state index in [0.717, 1.165) is 88.1 Å². The molecule has 0 atom stereocenters. The van der Waals surface area contributed by atoms with E-state index in [1.54, 1.807) is 42.7 Å². The zero-order valence-electron chi connectivity index (χ0n) is 45.3. The minimum atomic E-state index is -1.75. The van der Waals surface area contributed by atoms with Crippen molar-refractivity contribution in [2.45, 2.75) is 0 Å². The molecule has 2 heterocycles. The second kappa shape index (κ2) is 30.0. The molecule has 2 aromatic heterocycles. The quantitative estimate of drug-likeness (QED) is 0.0337. The Labute approximate surface area is 485 Å². The molecule has 0 aliphatic rings. The fourth-order valence-electron chi connectivity index (χ4n) is 9.23. The van der Waals surface area contributed by atoms with E-state index in [0.29, 0.717) is 0 Å². The summed E-state index contributed by atoms with van der Waals surface area (Å²) in [5.74, 6) is 5.20. The molecule has 0 aliphatic carbocycles. The van der Waals surface area contributed by atoms with E-state index in [-0.39, 0.29) is 17.1 Å². The molecule has 9 aromatic carbocycles. The normalized spacial score (nSPS) is 10.4. The molecule has 0 aliphatic heterocycles. The van der Waals surface area contributed by atoms with Crippen molar-refractivity contribution in [3.05, 3.63) is 258 Å². The number of benzene rings is 9. The molecule has 412 valence electrons. The van der Waals surface area contributed by atoms with Crippen LogP contribution < -0.4 is 60.2 Å². The van der Waals surface area contributed by atoms with Gasteiger partial charge in [-0.1, -0.05) is 182 Å². The van der Waals surface area contributed by atoms with Gasteiger partial charge in [-0.15, -0.1) is 0 Å². The number of aromatic nitrogens is 2. The predicted octanol–water partition coefficient (Wildman–Crippen LogP) is 12.8. The molecule has 0 spiro atoms. The molecule has 15 heteroatoms. The van der Waals surface area contributed by atoms with E-state index in [1.807, 2.05) is 134 Å². The van der Waals surface area contributed by atoms with Gasteiger partial charge in [-0.3, -0.25) is 9.97 Å². The van der Waals surface area contributed by atoms with E-state index >= 15 is 0 Å². The van der Waals surface area contributed by atoms with Gasteiger partial charge in [-0.05, 0) is 86.6 Å². The van der Waals surface area contributed by atoms with Crippen molar-refractivity contribution in [1.82, 2.24) is 9.97 Å². The minimum absolute atomic E-state index is 0. The monoisotopic (exact) mass is 1160 g/mol. The van der Waals surface area contributed by atoms with Gasteiger partial charge in [0.15, 0.2) is 0 Å². The van der Waals surface area contributed by atoms with Crippen LogP contribution in [0.4, 0.5) is 0 Å². The molecule has 11 aromatic rings. The van der Waals surface area contributed by atoms with Crippen LogP contribution in [0.25, 0.3) is 44.1 Å². The summed E-state index contributed by atoms with van der Waals surface area (Å²) in [6.45, 7) is 0. The summed E-state index contributed by atoms with van der Waals surface area (Å²) in [4.78, 5) is 17.6. The Balaban J connectivity index is 0.000000168. The Bertz CT molecular complexity index is 3330. The molecule has 0 amide bonds. The van der Waals surface area contributed by atoms with Crippen molar-refractivity contribution in [3.63, 3.8) is 0 Å². The molecule has 0 unspecified atom stereocenters. The van der Waals surface area contributed by atoms with Crippen LogP contribution in [0.3, 0.4) is 0 Å². The van der Waals surface area contributed by atoms with Crippen molar-refractivity contribution in [3.8, 4) is 56.8 Å². The van der Waals surface area contributed by atoms with Gasteiger partial charge >= 0.3 is 17.1 Å². The minimum Gasteiger partial charge on any atom is -0.496 e. The van der Waals surface area contributed by atoms with Gasteiger partial charge in [0.2, 0.25) is 0 Å². The maximum Gasteiger partial charge on any atom is 1.00 e. The maximum atomic E-state index is 8.25. The zero-order valence-corrected chi connectivity index (χ0v) is 48.0. The van der Waals surface area contributed by atoms with E-state index in [4.69, 9.17) is 43.7 Å². The molecular formula is C66H58CuN3O9P2. The van der Waals surface area contributed by atoms with Gasteiger partial charge in [-0.25, -0.2) is 0 Å². The molecule has 0 radical (unpaired) electrons. The number of hydrogen-bond donors (Lipinski definition) is 0. The molecule has 0 saturated carbocycles. The van der Waals surface area contributed by atoms with E-state index in [1.165, 1.54) is 22.3 Å². The second-order valence-electron chi connectivity index (χ2n) is 17.2. The molecule has 0 fully saturated rings. The summed E-state index contributed by atoms with van der Waals surface area (Å²) in [7, 11) is 8.43. The molecule has 81 heavy (non-hydrogen) atoms. The molecule has 0 N–H and O–H groups in total. The fraction of sp³-hybridized carbons (Fsp3) is 0.0909. The number of fused-ring (bicyclic) bond motifs is 3. The van der Waals surface area contributed by atoms with Gasteiger partial charge in [0.25, 0.3) is 0 Å². The number of pyridine rings is 2. The van der Waals surface area contributed by atoms with Crippen LogP contribution in [0.2, 0.25) is 0 Å². The van der Waals surface area contributed by atoms with Crippen LogP contribution in [0.5, 0.6) is 34.5 Å². The van der Waals surface area contributed by atoms with Crippen LogP contribution in [0, 0.1) is 15.3 Å². The number of ether oxygens (including phenoxy) is 6. The average molecular weight is 1160 g/mol. The van der Waals surface area contributed by atoms with Crippen LogP contribution >= 0.6 is 15.8 Å². The molecule has 12 nitrogen and oxygen atoms in total. The van der Waals surface area contributed by atoms with E-state index < -0.39 is 20.9 Å². The van der Waals surface area contributed by atoms with Gasteiger partial charge in [0, 0.05) is 55.0 Å². The van der Waals surface area contributed by atoms with Gasteiger partial charge in [0.1, 0.15) is 34.5 Å². The Morgan fingerprint density at radius 2 is 0.531 bits per heavy atom. The summed E-state index contributed by atoms with van der Waals surface area (Å²) in [6, 6.07) is 78.2. The largest absolute Gasteiger partial charge is 1.00 e. The Morgan fingerprint density at radius 1 is 0.321 bits per heavy atom. The van der Waals surface area contributed by atoms with Crippen LogP contribution in [-0.4, -0.2) is 57.7 Å². The van der Waals surface area contributed by atoms with E-state index in [2.05, 4.69) is 119 Å². The van der Waals surface area contributed by atoms with Gasteiger partial charge < -0.3 is 43.7 Å². The zero-order chi connectivity index (χ0) is 56.2. The first kappa shape index (κ1) is 59.8. The first-order valence-corrected chi connectivity index (χ1v) is 27.9. The van der Waals surface area contributed by atoms with Gasteiger partial charge in [0.05, 0.1) is 58.8 Å². The average Bonchev–Trinajstić information content (AvgIpc) is 3.61. The Hall–Kier alpha value is -8.82. The summed E-state index contributed by atoms with van der Waals surface area (Å²) in [6.07, 6.45) is 3.75. The Kier molecular flexibility index (Phi) is 22.1. The number of hydrogen-bond acceptors (Lipinski definition) is 11. The SMILES string of the molecule is COc1ccccc1P(c1ccccc1OC)c1ccccc1OC.COc1ccccc1P(c1ccccc1OC)c1ccccc1OC.O=[N+]([O-])[O-].[Cu+].c1ccc(-c2ccnc3c2ccc2c(-c4ccccc4)ccnc23)cc1. The molecule has 0 saturated heterocycles. The summed E-state index contributed by atoms with van der Waals surface area (Å²) >= 11 is 0. The predicted molar refractivity (Wildman–Crippen MR) is 328 cm³/mol. The third-order valence-corrected chi connectivity index (χ3v) is 17.9. The number of nitrogens with zero attached hydrogens (tertiary/aromatic N) is 3. The van der Waals surface area contributed by atoms with Crippen molar-refractivity contribution < 1.29 is 50.6 Å². The standard InChI is InChI=1S/C24H16N2.2C21H21O3P.Cu.NO3/c1-3-7-17(8-4-1)19-13-15-25-23-21(19)11-12-22-20(14-16-26-24(22)23)18-9-5-2-6-10-18;2*1-22-16-10-4-7-13-19(16)25(20-14-8-5-11-17(20)23-2)21-15-9-6-12-18(21)24-3;;2-1(3)4/h1-16H;2*4-15H,1-3H3;;/q;;;+1;-1. The first-order valence-electron chi connectivity index (χ1n) is 25.2. The number of methoxy groups -OCH3 is 6. The number of rotatable bonds is 14. The maximum absolute atomic E-state index is 8.25. The van der Waals surface area contributed by atoms with Crippen molar-refractivity contribution in [2.75, 3.05) is 42.7 Å². The summed E-state index contributed by atoms with van der Waals surface area (Å²) in [5, 5.41) is 23.8. The first-order chi connectivity index (χ1) is 39.2. The van der Waals surface area contributed by atoms with Crippen LogP contribution in [0.1, 0.15) is 0 Å². The third-order valence-electron chi connectivity index (χ3n) is 12.7. The topological polar surface area (TPSA) is 147 Å². The van der Waals surface area contributed by atoms with Crippen molar-refractivity contribution >= 4 is 69.5 Å². The second-order valence-corrected chi connectivity index (χ2v) is 21.5.